The first-order valence-corrected chi connectivity index (χ1v) is 9.27. The van der Waals surface area contributed by atoms with Crippen molar-refractivity contribution in [3.05, 3.63) is 0 Å². The van der Waals surface area contributed by atoms with E-state index >= 15 is 0 Å². The van der Waals surface area contributed by atoms with E-state index in [4.69, 9.17) is 0 Å². The molecule has 0 aromatic heterocycles. The van der Waals surface area contributed by atoms with Crippen molar-refractivity contribution >= 4 is 11.9 Å². The molecule has 9 heteroatoms. The standard InChI is InChI=1S/C17H30F3N5O/c1-21-16(22-9-15(26)24(2)12-17(18,19)20)23-14-7-8-25(11-14)10-13-5-3-4-6-13/h13-14H,3-12H2,1-2H3,(H2,21,22,23). The largest absolute Gasteiger partial charge is 0.406 e. The molecule has 26 heavy (non-hydrogen) atoms. The molecule has 1 unspecified atom stereocenters. The summed E-state index contributed by atoms with van der Waals surface area (Å²) in [5, 5.41) is 6.08. The molecule has 1 heterocycles. The number of rotatable bonds is 6. The number of hydrogen-bond acceptors (Lipinski definition) is 3. The number of halogens is 3. The molecule has 0 aromatic rings. The van der Waals surface area contributed by atoms with Crippen LogP contribution in [0.25, 0.3) is 0 Å². The van der Waals surface area contributed by atoms with Crippen LogP contribution in [0.1, 0.15) is 32.1 Å². The summed E-state index contributed by atoms with van der Waals surface area (Å²) in [6.45, 7) is 1.64. The van der Waals surface area contributed by atoms with Gasteiger partial charge in [0, 0.05) is 39.8 Å². The van der Waals surface area contributed by atoms with E-state index in [0.717, 1.165) is 39.0 Å². The number of hydrogen-bond donors (Lipinski definition) is 2. The third-order valence-electron chi connectivity index (χ3n) is 5.08. The molecule has 2 N–H and O–H groups in total. The van der Waals surface area contributed by atoms with Crippen LogP contribution in [0.15, 0.2) is 4.99 Å². The van der Waals surface area contributed by atoms with Crippen molar-refractivity contribution in [2.24, 2.45) is 10.9 Å². The monoisotopic (exact) mass is 377 g/mol. The summed E-state index contributed by atoms with van der Waals surface area (Å²) in [6, 6.07) is 0.241. The van der Waals surface area contributed by atoms with Gasteiger partial charge in [0.2, 0.25) is 5.91 Å². The second-order valence-electron chi connectivity index (χ2n) is 7.33. The van der Waals surface area contributed by atoms with Gasteiger partial charge >= 0.3 is 6.18 Å². The van der Waals surface area contributed by atoms with Crippen molar-refractivity contribution in [1.29, 1.82) is 0 Å². The van der Waals surface area contributed by atoms with Gasteiger partial charge in [-0.25, -0.2) is 0 Å². The van der Waals surface area contributed by atoms with Crippen LogP contribution in [0, 0.1) is 5.92 Å². The van der Waals surface area contributed by atoms with Crippen LogP contribution < -0.4 is 10.6 Å². The number of aliphatic imine (C=N–C) groups is 1. The Balaban J connectivity index is 1.70. The lowest BCUT2D eigenvalue weighted by Gasteiger charge is -2.22. The molecule has 150 valence electrons. The number of carbonyl (C=O) groups is 1. The molecule has 1 saturated carbocycles. The fraction of sp³-hybridized carbons (Fsp3) is 0.882. The molecule has 1 aliphatic carbocycles. The summed E-state index contributed by atoms with van der Waals surface area (Å²) in [5.41, 5.74) is 0. The molecule has 2 rings (SSSR count). The van der Waals surface area contributed by atoms with Crippen molar-refractivity contribution in [2.45, 2.75) is 44.3 Å². The van der Waals surface area contributed by atoms with Gasteiger partial charge in [-0.3, -0.25) is 9.79 Å². The molecule has 0 spiro atoms. The molecule has 1 saturated heterocycles. The molecule has 1 atom stereocenters. The van der Waals surface area contributed by atoms with Crippen molar-refractivity contribution in [2.75, 3.05) is 46.8 Å². The Morgan fingerprint density at radius 1 is 1.27 bits per heavy atom. The minimum Gasteiger partial charge on any atom is -0.352 e. The van der Waals surface area contributed by atoms with E-state index in [0.29, 0.717) is 10.9 Å². The van der Waals surface area contributed by atoms with Crippen molar-refractivity contribution in [1.82, 2.24) is 20.4 Å². The molecule has 1 aliphatic heterocycles. The summed E-state index contributed by atoms with van der Waals surface area (Å²) in [4.78, 5) is 19.0. The van der Waals surface area contributed by atoms with E-state index in [9.17, 15) is 18.0 Å². The Morgan fingerprint density at radius 2 is 1.96 bits per heavy atom. The van der Waals surface area contributed by atoms with Gasteiger partial charge in [-0.05, 0) is 25.2 Å². The maximum Gasteiger partial charge on any atom is 0.406 e. The summed E-state index contributed by atoms with van der Waals surface area (Å²) in [6.07, 6.45) is 1.93. The second kappa shape index (κ2) is 9.43. The van der Waals surface area contributed by atoms with Crippen LogP contribution in [0.4, 0.5) is 13.2 Å². The number of likely N-dealkylation sites (tertiary alicyclic amines) is 1. The maximum atomic E-state index is 12.3. The van der Waals surface area contributed by atoms with Gasteiger partial charge in [-0.15, -0.1) is 0 Å². The zero-order valence-electron chi connectivity index (χ0n) is 15.6. The van der Waals surface area contributed by atoms with Crippen molar-refractivity contribution in [3.63, 3.8) is 0 Å². The zero-order valence-corrected chi connectivity index (χ0v) is 15.6. The minimum absolute atomic E-state index is 0.217. The predicted molar refractivity (Wildman–Crippen MR) is 95.0 cm³/mol. The predicted octanol–water partition coefficient (Wildman–Crippen LogP) is 1.44. The molecule has 0 radical (unpaired) electrons. The normalized spacial score (nSPS) is 22.7. The zero-order chi connectivity index (χ0) is 19.2. The lowest BCUT2D eigenvalue weighted by atomic mass is 10.1. The number of nitrogens with one attached hydrogen (secondary N) is 2. The van der Waals surface area contributed by atoms with Crippen molar-refractivity contribution in [3.8, 4) is 0 Å². The number of guanidine groups is 1. The quantitative estimate of drug-likeness (QED) is 0.543. The molecular formula is C17H30F3N5O. The minimum atomic E-state index is -4.39. The smallest absolute Gasteiger partial charge is 0.352 e. The Bertz CT molecular complexity index is 491. The Morgan fingerprint density at radius 3 is 2.58 bits per heavy atom. The van der Waals surface area contributed by atoms with Crippen LogP contribution in [0.5, 0.6) is 0 Å². The Kier molecular flexibility index (Phi) is 7.55. The number of likely N-dealkylation sites (N-methyl/N-ethyl adjacent to an activating group) is 1. The van der Waals surface area contributed by atoms with Gasteiger partial charge in [0.1, 0.15) is 6.54 Å². The Hall–Kier alpha value is -1.51. The van der Waals surface area contributed by atoms with Crippen LogP contribution in [0.2, 0.25) is 0 Å². The second-order valence-corrected chi connectivity index (χ2v) is 7.33. The van der Waals surface area contributed by atoms with Crippen LogP contribution in [-0.2, 0) is 4.79 Å². The van der Waals surface area contributed by atoms with Gasteiger partial charge in [0.25, 0.3) is 0 Å². The number of nitrogens with zero attached hydrogens (tertiary/aromatic N) is 3. The molecular weight excluding hydrogens is 347 g/mol. The summed E-state index contributed by atoms with van der Waals surface area (Å²) >= 11 is 0. The first kappa shape index (κ1) is 20.8. The molecule has 6 nitrogen and oxygen atoms in total. The fourth-order valence-electron chi connectivity index (χ4n) is 3.71. The number of carbonyl (C=O) groups excluding carboxylic acids is 1. The van der Waals surface area contributed by atoms with E-state index in [1.165, 1.54) is 25.7 Å². The average molecular weight is 377 g/mol. The summed E-state index contributed by atoms with van der Waals surface area (Å²) < 4.78 is 37.0. The highest BCUT2D eigenvalue weighted by Crippen LogP contribution is 2.26. The van der Waals surface area contributed by atoms with Crippen molar-refractivity contribution < 1.29 is 18.0 Å². The molecule has 2 fully saturated rings. The van der Waals surface area contributed by atoms with Crippen LogP contribution >= 0.6 is 0 Å². The van der Waals surface area contributed by atoms with E-state index in [2.05, 4.69) is 20.5 Å². The van der Waals surface area contributed by atoms with Crippen LogP contribution in [-0.4, -0.2) is 80.7 Å². The third-order valence-corrected chi connectivity index (χ3v) is 5.08. The van der Waals surface area contributed by atoms with E-state index in [1.54, 1.807) is 7.05 Å². The summed E-state index contributed by atoms with van der Waals surface area (Å²) in [7, 11) is 2.73. The van der Waals surface area contributed by atoms with Gasteiger partial charge in [0.05, 0.1) is 6.54 Å². The maximum absolute atomic E-state index is 12.3. The topological polar surface area (TPSA) is 60.0 Å². The fourth-order valence-corrected chi connectivity index (χ4v) is 3.71. The highest BCUT2D eigenvalue weighted by Gasteiger charge is 2.31. The first-order valence-electron chi connectivity index (χ1n) is 9.27. The van der Waals surface area contributed by atoms with E-state index in [1.807, 2.05) is 0 Å². The van der Waals surface area contributed by atoms with E-state index in [-0.39, 0.29) is 12.6 Å². The molecule has 1 amide bonds. The highest BCUT2D eigenvalue weighted by molar-refractivity contribution is 5.86. The number of alkyl halides is 3. The number of amides is 1. The van der Waals surface area contributed by atoms with Gasteiger partial charge in [-0.1, -0.05) is 12.8 Å². The lowest BCUT2D eigenvalue weighted by molar-refractivity contribution is -0.157. The van der Waals surface area contributed by atoms with E-state index < -0.39 is 18.6 Å². The molecule has 2 aliphatic rings. The average Bonchev–Trinajstić information content (AvgIpc) is 3.22. The highest BCUT2D eigenvalue weighted by atomic mass is 19.4. The third kappa shape index (κ3) is 7.01. The molecule has 0 aromatic carbocycles. The van der Waals surface area contributed by atoms with Crippen LogP contribution in [0.3, 0.4) is 0 Å². The van der Waals surface area contributed by atoms with Gasteiger partial charge in [0.15, 0.2) is 5.96 Å². The van der Waals surface area contributed by atoms with Gasteiger partial charge < -0.3 is 20.4 Å². The molecule has 0 bridgehead atoms. The Labute approximate surface area is 153 Å². The SMILES string of the molecule is CN=C(NCC(=O)N(C)CC(F)(F)F)NC1CCN(CC2CCCC2)C1. The first-order chi connectivity index (χ1) is 12.3. The lowest BCUT2D eigenvalue weighted by Crippen LogP contribution is -2.48. The van der Waals surface area contributed by atoms with Gasteiger partial charge in [-0.2, -0.15) is 13.2 Å². The summed E-state index contributed by atoms with van der Waals surface area (Å²) in [5.74, 6) is 0.638.